The summed E-state index contributed by atoms with van der Waals surface area (Å²) in [5.41, 5.74) is 1.06. The van der Waals surface area contributed by atoms with Gasteiger partial charge in [-0.05, 0) is 86.5 Å². The van der Waals surface area contributed by atoms with E-state index in [1.807, 2.05) is 30.3 Å². The summed E-state index contributed by atoms with van der Waals surface area (Å²) < 4.78 is 6.32. The van der Waals surface area contributed by atoms with Crippen LogP contribution in [0.5, 0.6) is 0 Å². The minimum Gasteiger partial charge on any atom is -0.459 e. The molecule has 168 valence electrons. The van der Waals surface area contributed by atoms with Gasteiger partial charge in [-0.25, -0.2) is 0 Å². The smallest absolute Gasteiger partial charge is 0.310 e. The molecule has 4 aliphatic carbocycles. The molecule has 31 heavy (non-hydrogen) atoms. The van der Waals surface area contributed by atoms with E-state index >= 15 is 0 Å². The first kappa shape index (κ1) is 21.2. The predicted octanol–water partition coefficient (Wildman–Crippen LogP) is 6.14. The fourth-order valence-corrected chi connectivity index (χ4v) is 8.49. The molecule has 1 aromatic rings. The number of esters is 1. The molecular weight excluding hydrogens is 384 g/mol. The molecule has 3 heteroatoms. The van der Waals surface area contributed by atoms with E-state index in [1.54, 1.807) is 0 Å². The molecule has 0 saturated heterocycles. The summed E-state index contributed by atoms with van der Waals surface area (Å²) in [6, 6.07) is 9.95. The molecule has 0 spiro atoms. The van der Waals surface area contributed by atoms with Crippen LogP contribution in [-0.2, 0) is 20.7 Å². The maximum Gasteiger partial charge on any atom is 0.310 e. The van der Waals surface area contributed by atoms with Crippen molar-refractivity contribution in [3.8, 4) is 0 Å². The third-order valence-corrected chi connectivity index (χ3v) is 10.5. The molecule has 5 rings (SSSR count). The van der Waals surface area contributed by atoms with Crippen molar-refractivity contribution in [2.24, 2.45) is 34.5 Å². The zero-order valence-electron chi connectivity index (χ0n) is 19.5. The lowest BCUT2D eigenvalue weighted by atomic mass is 9.44. The van der Waals surface area contributed by atoms with E-state index in [-0.39, 0.29) is 17.0 Å². The zero-order chi connectivity index (χ0) is 21.9. The molecule has 4 saturated carbocycles. The van der Waals surface area contributed by atoms with Crippen molar-refractivity contribution in [1.82, 2.24) is 0 Å². The van der Waals surface area contributed by atoms with Gasteiger partial charge in [0.05, 0.1) is 6.42 Å². The van der Waals surface area contributed by atoms with E-state index in [9.17, 15) is 9.59 Å². The van der Waals surface area contributed by atoms with Gasteiger partial charge in [-0.2, -0.15) is 0 Å². The number of fused-ring (bicyclic) bond motifs is 5. The Hall–Kier alpha value is -1.64. The monoisotopic (exact) mass is 422 g/mol. The molecular formula is C28H38O3. The van der Waals surface area contributed by atoms with Crippen LogP contribution in [0.4, 0.5) is 0 Å². The van der Waals surface area contributed by atoms with Gasteiger partial charge in [0.15, 0.2) is 0 Å². The van der Waals surface area contributed by atoms with Crippen LogP contribution in [0.1, 0.15) is 84.1 Å². The molecule has 4 fully saturated rings. The lowest BCUT2D eigenvalue weighted by molar-refractivity contribution is -0.184. The van der Waals surface area contributed by atoms with Crippen LogP contribution >= 0.6 is 0 Å². The largest absolute Gasteiger partial charge is 0.459 e. The van der Waals surface area contributed by atoms with Crippen LogP contribution in [0.3, 0.4) is 0 Å². The Bertz CT molecular complexity index is 862. The maximum atomic E-state index is 12.9. The minimum absolute atomic E-state index is 0.0637. The van der Waals surface area contributed by atoms with E-state index in [0.29, 0.717) is 29.5 Å². The highest BCUT2D eigenvalue weighted by atomic mass is 16.6. The van der Waals surface area contributed by atoms with Gasteiger partial charge in [0.1, 0.15) is 11.4 Å². The number of Topliss-reactive ketones (excluding diaryl/α,β-unsaturated/α-hetero) is 1. The fourth-order valence-electron chi connectivity index (χ4n) is 8.49. The van der Waals surface area contributed by atoms with Crippen LogP contribution in [0.25, 0.3) is 0 Å². The predicted molar refractivity (Wildman–Crippen MR) is 121 cm³/mol. The van der Waals surface area contributed by atoms with Gasteiger partial charge in [0.25, 0.3) is 0 Å². The first-order valence-electron chi connectivity index (χ1n) is 12.5. The van der Waals surface area contributed by atoms with Gasteiger partial charge < -0.3 is 4.74 Å². The molecule has 0 aliphatic heterocycles. The fraction of sp³-hybridized carbons (Fsp3) is 0.714. The number of hydrogen-bond acceptors (Lipinski definition) is 3. The number of rotatable bonds is 3. The molecule has 0 bridgehead atoms. The molecule has 0 N–H and O–H groups in total. The third kappa shape index (κ3) is 3.29. The topological polar surface area (TPSA) is 43.4 Å². The van der Waals surface area contributed by atoms with Crippen molar-refractivity contribution in [3.05, 3.63) is 35.9 Å². The average Bonchev–Trinajstić information content (AvgIpc) is 3.00. The van der Waals surface area contributed by atoms with Gasteiger partial charge in [-0.1, -0.05) is 44.2 Å². The summed E-state index contributed by atoms with van der Waals surface area (Å²) in [5.74, 6) is 3.09. The van der Waals surface area contributed by atoms with Gasteiger partial charge in [0.2, 0.25) is 0 Å². The molecule has 0 heterocycles. The Kier molecular flexibility index (Phi) is 5.10. The number of benzene rings is 1. The highest BCUT2D eigenvalue weighted by Gasteiger charge is 2.64. The summed E-state index contributed by atoms with van der Waals surface area (Å²) in [6.45, 7) is 7.12. The molecule has 0 radical (unpaired) electrons. The molecule has 1 aromatic carbocycles. The van der Waals surface area contributed by atoms with Crippen molar-refractivity contribution in [2.75, 3.05) is 0 Å². The highest BCUT2D eigenvalue weighted by molar-refractivity contribution is 5.79. The van der Waals surface area contributed by atoms with Crippen molar-refractivity contribution >= 4 is 11.8 Å². The second-order valence-corrected chi connectivity index (χ2v) is 11.8. The number of ketones is 1. The lowest BCUT2D eigenvalue weighted by Gasteiger charge is -2.61. The Balaban J connectivity index is 1.34. The van der Waals surface area contributed by atoms with Crippen molar-refractivity contribution in [3.63, 3.8) is 0 Å². The first-order valence-corrected chi connectivity index (χ1v) is 12.5. The summed E-state index contributed by atoms with van der Waals surface area (Å²) in [5, 5.41) is 0. The lowest BCUT2D eigenvalue weighted by Crippen LogP contribution is -2.56. The van der Waals surface area contributed by atoms with Crippen LogP contribution in [-0.4, -0.2) is 17.4 Å². The second kappa shape index (κ2) is 7.46. The van der Waals surface area contributed by atoms with Gasteiger partial charge >= 0.3 is 5.97 Å². The van der Waals surface area contributed by atoms with E-state index in [1.165, 1.54) is 25.7 Å². The van der Waals surface area contributed by atoms with E-state index in [0.717, 1.165) is 49.5 Å². The van der Waals surface area contributed by atoms with E-state index < -0.39 is 0 Å². The van der Waals surface area contributed by atoms with Crippen molar-refractivity contribution in [2.45, 2.75) is 90.6 Å². The maximum absolute atomic E-state index is 12.9. The van der Waals surface area contributed by atoms with E-state index in [4.69, 9.17) is 4.74 Å². The van der Waals surface area contributed by atoms with Crippen molar-refractivity contribution in [1.29, 1.82) is 0 Å². The first-order chi connectivity index (χ1) is 14.8. The second-order valence-electron chi connectivity index (χ2n) is 11.8. The SMILES string of the molecule is C[C@]12CCC(=O)C[C@@H]1CC[C@@H]1[C@@H]2CC[C@@]2(C)[C@H]1CC[C@]2(C)OC(=O)Cc1ccccc1. The summed E-state index contributed by atoms with van der Waals surface area (Å²) in [4.78, 5) is 25.0. The van der Waals surface area contributed by atoms with Gasteiger partial charge in [-0.3, -0.25) is 9.59 Å². The molecule has 3 nitrogen and oxygen atoms in total. The summed E-state index contributed by atoms with van der Waals surface area (Å²) in [7, 11) is 0. The molecule has 0 aromatic heterocycles. The Labute approximate surface area is 187 Å². The van der Waals surface area contributed by atoms with Gasteiger partial charge in [-0.15, -0.1) is 0 Å². The Morgan fingerprint density at radius 3 is 2.48 bits per heavy atom. The standard InChI is InChI=1S/C28H38O3/c1-26-14-11-21(29)18-20(26)9-10-22-23(26)12-15-27(2)24(22)13-16-28(27,3)31-25(30)17-19-7-5-4-6-8-19/h4-8,20,22-24H,9-18H2,1-3H3/t20-,22+,23-,24-,26-,27-,28-/m0/s1. The normalized spacial score (nSPS) is 44.2. The summed E-state index contributed by atoms with van der Waals surface area (Å²) in [6.07, 6.45) is 10.0. The number of ether oxygens (including phenoxy) is 1. The van der Waals surface area contributed by atoms with Crippen molar-refractivity contribution < 1.29 is 14.3 Å². The molecule has 7 atom stereocenters. The van der Waals surface area contributed by atoms with Crippen LogP contribution in [0.2, 0.25) is 0 Å². The average molecular weight is 423 g/mol. The molecule has 0 unspecified atom stereocenters. The zero-order valence-corrected chi connectivity index (χ0v) is 19.5. The van der Waals surface area contributed by atoms with Crippen LogP contribution in [0.15, 0.2) is 30.3 Å². The number of carbonyl (C=O) groups is 2. The number of carbonyl (C=O) groups excluding carboxylic acids is 2. The van der Waals surface area contributed by atoms with Gasteiger partial charge in [0, 0.05) is 18.3 Å². The Morgan fingerprint density at radius 1 is 0.968 bits per heavy atom. The van der Waals surface area contributed by atoms with E-state index in [2.05, 4.69) is 20.8 Å². The summed E-state index contributed by atoms with van der Waals surface area (Å²) >= 11 is 0. The molecule has 0 amide bonds. The Morgan fingerprint density at radius 2 is 1.71 bits per heavy atom. The van der Waals surface area contributed by atoms with Crippen LogP contribution in [0, 0.1) is 34.5 Å². The highest BCUT2D eigenvalue weighted by Crippen LogP contribution is 2.68. The minimum atomic E-state index is -0.366. The third-order valence-electron chi connectivity index (χ3n) is 10.5. The quantitative estimate of drug-likeness (QED) is 0.549. The number of hydrogen-bond donors (Lipinski definition) is 0. The van der Waals surface area contributed by atoms with Crippen LogP contribution < -0.4 is 0 Å². The molecule has 4 aliphatic rings.